The Bertz CT molecular complexity index is 1160. The molecule has 0 amide bonds. The van der Waals surface area contributed by atoms with E-state index in [2.05, 4.69) is 4.99 Å². The highest BCUT2D eigenvalue weighted by Gasteiger charge is 2.35. The first-order chi connectivity index (χ1) is 14.8. The van der Waals surface area contributed by atoms with Gasteiger partial charge in [0.2, 0.25) is 0 Å². The molecule has 0 saturated heterocycles. The van der Waals surface area contributed by atoms with Gasteiger partial charge in [-0.1, -0.05) is 23.7 Å². The molecule has 0 aliphatic heterocycles. The van der Waals surface area contributed by atoms with Gasteiger partial charge in [-0.15, -0.1) is 23.1 Å². The van der Waals surface area contributed by atoms with Gasteiger partial charge in [-0.05, 0) is 36.1 Å². The maximum atomic E-state index is 13.1. The third-order valence-electron chi connectivity index (χ3n) is 3.84. The van der Waals surface area contributed by atoms with E-state index >= 15 is 0 Å². The van der Waals surface area contributed by atoms with Gasteiger partial charge in [0, 0.05) is 11.1 Å². The lowest BCUT2D eigenvalue weighted by Gasteiger charge is -2.11. The maximum Gasteiger partial charge on any atom is 0.432 e. The number of esters is 1. The van der Waals surface area contributed by atoms with Gasteiger partial charge < -0.3 is 10.5 Å². The summed E-state index contributed by atoms with van der Waals surface area (Å²) in [6.07, 6.45) is -2.13. The van der Waals surface area contributed by atoms with Crippen LogP contribution in [0.15, 0.2) is 57.0 Å². The van der Waals surface area contributed by atoms with Crippen LogP contribution in [-0.2, 0) is 19.4 Å². The number of carbonyl (C=O) groups excluding carboxylic acids is 1. The molecule has 0 fully saturated rings. The number of ether oxygens (including phenoxy) is 1. The summed E-state index contributed by atoms with van der Waals surface area (Å²) in [4.78, 5) is 16.6. The van der Waals surface area contributed by atoms with Crippen molar-refractivity contribution in [1.29, 1.82) is 0 Å². The van der Waals surface area contributed by atoms with Gasteiger partial charge in [0.15, 0.2) is 9.84 Å². The molecule has 1 aromatic heterocycles. The number of rotatable bonds is 8. The largest absolute Gasteiger partial charge is 0.453 e. The van der Waals surface area contributed by atoms with Crippen LogP contribution in [0.3, 0.4) is 0 Å². The Morgan fingerprint density at radius 1 is 1.28 bits per heavy atom. The Labute approximate surface area is 196 Å². The summed E-state index contributed by atoms with van der Waals surface area (Å²) < 4.78 is 67.8. The van der Waals surface area contributed by atoms with Crippen molar-refractivity contribution < 1.29 is 31.1 Å². The molecule has 1 heterocycles. The van der Waals surface area contributed by atoms with Crippen molar-refractivity contribution in [3.05, 3.63) is 52.0 Å². The summed E-state index contributed by atoms with van der Waals surface area (Å²) in [6.45, 7) is -0.561. The number of hydrogen-bond acceptors (Lipinski definition) is 8. The summed E-state index contributed by atoms with van der Waals surface area (Å²) >= 11 is 8.18. The number of nitrogens with zero attached hydrogens (tertiary/aromatic N) is 1. The van der Waals surface area contributed by atoms with E-state index in [0.29, 0.717) is 10.4 Å². The predicted molar refractivity (Wildman–Crippen MR) is 122 cm³/mol. The lowest BCUT2D eigenvalue weighted by atomic mass is 10.2. The van der Waals surface area contributed by atoms with E-state index in [9.17, 15) is 26.4 Å². The Morgan fingerprint density at radius 2 is 1.97 bits per heavy atom. The molecule has 0 bridgehead atoms. The summed E-state index contributed by atoms with van der Waals surface area (Å²) in [6, 6.07) is 9.13. The number of halogens is 4. The fourth-order valence-electron chi connectivity index (χ4n) is 2.32. The number of alkyl halides is 3. The SMILES string of the molecule is CSCOC(=O)CN=C(/C(Cl)=C(\N)C(F)(F)F)c1ccc(-c2cccc(S(C)(=O)=O)c2)s1. The zero-order valence-corrected chi connectivity index (χ0v) is 20.0. The Morgan fingerprint density at radius 3 is 2.56 bits per heavy atom. The van der Waals surface area contributed by atoms with Crippen LogP contribution in [0.2, 0.25) is 0 Å². The van der Waals surface area contributed by atoms with Gasteiger partial charge in [0.1, 0.15) is 18.2 Å². The standard InChI is InChI=1S/C19H18ClF3N2O4S3/c1-30-10-29-15(26)9-25-17(16(20)18(24)19(21,22)23)14-7-6-13(31-14)11-4-3-5-12(8-11)32(2,27)28/h3-8H,9-10,24H2,1-2H3/b18-16+,25-17?. The van der Waals surface area contributed by atoms with Crippen LogP contribution in [0, 0.1) is 0 Å². The van der Waals surface area contributed by atoms with Crippen molar-refractivity contribution in [2.45, 2.75) is 11.1 Å². The molecule has 2 rings (SSSR count). The number of aliphatic imine (C=N–C) groups is 1. The van der Waals surface area contributed by atoms with Crippen molar-refractivity contribution in [2.75, 3.05) is 25.0 Å². The minimum absolute atomic E-state index is 0.0672. The molecule has 0 saturated carbocycles. The third-order valence-corrected chi connectivity index (χ3v) is 6.83. The predicted octanol–water partition coefficient (Wildman–Crippen LogP) is 4.44. The lowest BCUT2D eigenvalue weighted by Crippen LogP contribution is -2.23. The van der Waals surface area contributed by atoms with Crippen LogP contribution in [0.25, 0.3) is 10.4 Å². The minimum atomic E-state index is -4.90. The number of allylic oxidation sites excluding steroid dienone is 2. The first-order valence-corrected chi connectivity index (χ1v) is 13.1. The summed E-state index contributed by atoms with van der Waals surface area (Å²) in [5, 5.41) is -0.853. The van der Waals surface area contributed by atoms with E-state index in [4.69, 9.17) is 22.1 Å². The topological polar surface area (TPSA) is 98.8 Å². The summed E-state index contributed by atoms with van der Waals surface area (Å²) in [7, 11) is -3.45. The van der Waals surface area contributed by atoms with Crippen molar-refractivity contribution in [2.24, 2.45) is 10.7 Å². The van der Waals surface area contributed by atoms with Gasteiger partial charge in [0.05, 0.1) is 20.5 Å². The average Bonchev–Trinajstić information content (AvgIpc) is 3.20. The smallest absolute Gasteiger partial charge is 0.432 e. The van der Waals surface area contributed by atoms with E-state index in [-0.39, 0.29) is 21.4 Å². The van der Waals surface area contributed by atoms with E-state index < -0.39 is 39.3 Å². The zero-order valence-electron chi connectivity index (χ0n) is 16.8. The highest BCUT2D eigenvalue weighted by molar-refractivity contribution is 7.98. The summed E-state index contributed by atoms with van der Waals surface area (Å²) in [5.74, 6) is -0.679. The Hall–Kier alpha value is -2.02. The van der Waals surface area contributed by atoms with Gasteiger partial charge in [-0.25, -0.2) is 8.42 Å². The molecule has 2 aromatic rings. The molecule has 1 aromatic carbocycles. The van der Waals surface area contributed by atoms with E-state index in [1.165, 1.54) is 30.0 Å². The molecule has 174 valence electrons. The van der Waals surface area contributed by atoms with E-state index in [0.717, 1.165) is 17.6 Å². The summed E-state index contributed by atoms with van der Waals surface area (Å²) in [5.41, 5.74) is 3.83. The van der Waals surface area contributed by atoms with Gasteiger partial charge in [-0.3, -0.25) is 9.79 Å². The van der Waals surface area contributed by atoms with Crippen molar-refractivity contribution in [1.82, 2.24) is 0 Å². The normalized spacial score (nSPS) is 13.6. The first-order valence-electron chi connectivity index (χ1n) is 8.67. The second-order valence-corrected chi connectivity index (χ2v) is 10.6. The number of thiophene rings is 1. The van der Waals surface area contributed by atoms with Crippen LogP contribution in [0.4, 0.5) is 13.2 Å². The van der Waals surface area contributed by atoms with Gasteiger partial charge in [0.25, 0.3) is 0 Å². The molecule has 13 heteroatoms. The Kier molecular flexibility index (Phi) is 8.80. The maximum absolute atomic E-state index is 13.1. The quantitative estimate of drug-likeness (QED) is 0.310. The third kappa shape index (κ3) is 6.99. The van der Waals surface area contributed by atoms with E-state index in [1.807, 2.05) is 0 Å². The second-order valence-electron chi connectivity index (χ2n) is 6.28. The van der Waals surface area contributed by atoms with Crippen LogP contribution in [0.5, 0.6) is 0 Å². The van der Waals surface area contributed by atoms with E-state index in [1.54, 1.807) is 24.5 Å². The van der Waals surface area contributed by atoms with Crippen molar-refractivity contribution in [3.63, 3.8) is 0 Å². The van der Waals surface area contributed by atoms with Gasteiger partial charge in [-0.2, -0.15) is 13.2 Å². The fourth-order valence-corrected chi connectivity index (χ4v) is 4.58. The Balaban J connectivity index is 2.50. The number of hydrogen-bond donors (Lipinski definition) is 1. The van der Waals surface area contributed by atoms with Gasteiger partial charge >= 0.3 is 12.1 Å². The molecule has 32 heavy (non-hydrogen) atoms. The number of benzene rings is 1. The molecule has 2 N–H and O–H groups in total. The average molecular weight is 527 g/mol. The molecule has 6 nitrogen and oxygen atoms in total. The molecule has 0 radical (unpaired) electrons. The zero-order chi connectivity index (χ0) is 24.1. The van der Waals surface area contributed by atoms with Crippen LogP contribution in [-0.4, -0.2) is 51.3 Å². The first kappa shape index (κ1) is 26.2. The molecular weight excluding hydrogens is 509 g/mol. The molecule has 0 aliphatic rings. The number of carbonyl (C=O) groups is 1. The number of sulfone groups is 1. The van der Waals surface area contributed by atoms with Crippen molar-refractivity contribution >= 4 is 56.2 Å². The minimum Gasteiger partial charge on any atom is -0.453 e. The lowest BCUT2D eigenvalue weighted by molar-refractivity contribution is -0.139. The van der Waals surface area contributed by atoms with Crippen molar-refractivity contribution in [3.8, 4) is 10.4 Å². The highest BCUT2D eigenvalue weighted by Crippen LogP contribution is 2.34. The fraction of sp³-hybridized carbons (Fsp3) is 0.263. The highest BCUT2D eigenvalue weighted by atomic mass is 35.5. The molecule has 0 spiro atoms. The molecule has 0 aliphatic carbocycles. The number of thioether (sulfide) groups is 1. The molecular formula is C19H18ClF3N2O4S3. The number of nitrogens with two attached hydrogens (primary N) is 1. The van der Waals surface area contributed by atoms with Crippen LogP contribution in [0.1, 0.15) is 4.88 Å². The monoisotopic (exact) mass is 526 g/mol. The van der Waals surface area contributed by atoms with Crippen LogP contribution >= 0.6 is 34.7 Å². The van der Waals surface area contributed by atoms with Crippen LogP contribution < -0.4 is 5.73 Å². The second kappa shape index (κ2) is 10.7. The molecule has 0 atom stereocenters. The molecule has 0 unspecified atom stereocenters.